The molecule has 0 radical (unpaired) electrons. The molecule has 1 aromatic carbocycles. The summed E-state index contributed by atoms with van der Waals surface area (Å²) in [6, 6.07) is 4.44. The Labute approximate surface area is 109 Å². The molecule has 0 aliphatic rings. The van der Waals surface area contributed by atoms with Gasteiger partial charge in [-0.25, -0.2) is 0 Å². The molecule has 1 rings (SSSR count). The molecule has 0 heterocycles. The van der Waals surface area contributed by atoms with E-state index in [-0.39, 0.29) is 17.1 Å². The quantitative estimate of drug-likeness (QED) is 0.635. The molecular weight excluding hydrogens is 260 g/mol. The molecule has 0 bridgehead atoms. The monoisotopic (exact) mass is 272 g/mol. The number of nitro groups is 1. The smallest absolute Gasteiger partial charge is 0.305 e. The van der Waals surface area contributed by atoms with E-state index in [0.717, 1.165) is 0 Å². The van der Waals surface area contributed by atoms with E-state index in [1.807, 2.05) is 6.92 Å². The predicted octanol–water partition coefficient (Wildman–Crippen LogP) is 2.55. The summed E-state index contributed by atoms with van der Waals surface area (Å²) in [7, 11) is 0. The van der Waals surface area contributed by atoms with Crippen LogP contribution in [0.4, 0.5) is 11.4 Å². The summed E-state index contributed by atoms with van der Waals surface area (Å²) in [4.78, 5) is 22.5. The predicted molar refractivity (Wildman–Crippen MR) is 68.2 cm³/mol. The van der Waals surface area contributed by atoms with Crippen LogP contribution in [0.3, 0.4) is 0 Å². The van der Waals surface area contributed by atoms with Gasteiger partial charge in [0.05, 0.1) is 11.3 Å². The maximum atomic E-state index is 10.8. The van der Waals surface area contributed by atoms with Gasteiger partial charge < -0.3 is 10.0 Å². The lowest BCUT2D eigenvalue weighted by Crippen LogP contribution is -2.25. The van der Waals surface area contributed by atoms with Crippen LogP contribution in [0.5, 0.6) is 0 Å². The van der Waals surface area contributed by atoms with Crippen molar-refractivity contribution in [3.63, 3.8) is 0 Å². The van der Waals surface area contributed by atoms with Crippen molar-refractivity contribution in [2.75, 3.05) is 18.0 Å². The summed E-state index contributed by atoms with van der Waals surface area (Å²) in [6.45, 7) is 2.71. The Kier molecular flexibility index (Phi) is 4.91. The first kappa shape index (κ1) is 14.2. The Morgan fingerprint density at radius 1 is 1.56 bits per heavy atom. The zero-order valence-electron chi connectivity index (χ0n) is 9.80. The number of hydrogen-bond donors (Lipinski definition) is 1. The molecule has 1 N–H and O–H groups in total. The van der Waals surface area contributed by atoms with Crippen molar-refractivity contribution < 1.29 is 14.8 Å². The highest BCUT2D eigenvalue weighted by Gasteiger charge is 2.15. The summed E-state index contributed by atoms with van der Waals surface area (Å²) in [5.74, 6) is -0.906. The highest BCUT2D eigenvalue weighted by Crippen LogP contribution is 2.29. The van der Waals surface area contributed by atoms with Crippen molar-refractivity contribution >= 4 is 28.9 Å². The average Bonchev–Trinajstić information content (AvgIpc) is 2.31. The van der Waals surface area contributed by atoms with Gasteiger partial charge in [0.25, 0.3) is 5.69 Å². The van der Waals surface area contributed by atoms with Gasteiger partial charge >= 0.3 is 5.97 Å². The third-order valence-electron chi connectivity index (χ3n) is 2.47. The Balaban J connectivity index is 2.96. The van der Waals surface area contributed by atoms with E-state index < -0.39 is 10.9 Å². The molecule has 98 valence electrons. The molecular formula is C11H13ClN2O4. The molecule has 18 heavy (non-hydrogen) atoms. The number of benzene rings is 1. The summed E-state index contributed by atoms with van der Waals surface area (Å²) in [5, 5.41) is 19.5. The zero-order valence-corrected chi connectivity index (χ0v) is 10.6. The standard InChI is InChI=1S/C11H13ClN2O4/c1-2-13(6-5-11(15)16)8-3-4-9(12)10(7-8)14(17)18/h3-4,7H,2,5-6H2,1H3,(H,15,16). The van der Waals surface area contributed by atoms with Gasteiger partial charge in [-0.05, 0) is 19.1 Å². The molecule has 7 heteroatoms. The molecule has 0 amide bonds. The van der Waals surface area contributed by atoms with Gasteiger partial charge in [0, 0.05) is 24.8 Å². The number of anilines is 1. The van der Waals surface area contributed by atoms with Crippen molar-refractivity contribution in [1.82, 2.24) is 0 Å². The largest absolute Gasteiger partial charge is 0.481 e. The summed E-state index contributed by atoms with van der Waals surface area (Å²) >= 11 is 5.71. The number of nitro benzene ring substituents is 1. The third-order valence-corrected chi connectivity index (χ3v) is 2.79. The fraction of sp³-hybridized carbons (Fsp3) is 0.364. The lowest BCUT2D eigenvalue weighted by Gasteiger charge is -2.22. The maximum absolute atomic E-state index is 10.8. The van der Waals surface area contributed by atoms with Gasteiger partial charge in [-0.15, -0.1) is 0 Å². The van der Waals surface area contributed by atoms with Crippen LogP contribution in [0.15, 0.2) is 18.2 Å². The minimum absolute atomic E-state index is 0.0235. The van der Waals surface area contributed by atoms with Crippen LogP contribution >= 0.6 is 11.6 Å². The van der Waals surface area contributed by atoms with Crippen LogP contribution in [0, 0.1) is 10.1 Å². The molecule has 0 spiro atoms. The van der Waals surface area contributed by atoms with Crippen molar-refractivity contribution in [2.45, 2.75) is 13.3 Å². The second-order valence-corrected chi connectivity index (χ2v) is 4.02. The first-order valence-electron chi connectivity index (χ1n) is 5.36. The van der Waals surface area contributed by atoms with Crippen LogP contribution in [-0.2, 0) is 4.79 Å². The first-order valence-corrected chi connectivity index (χ1v) is 5.74. The molecule has 0 saturated heterocycles. The fourth-order valence-electron chi connectivity index (χ4n) is 1.54. The third kappa shape index (κ3) is 3.59. The van der Waals surface area contributed by atoms with Gasteiger partial charge in [0.1, 0.15) is 5.02 Å². The molecule has 0 aromatic heterocycles. The first-order chi connectivity index (χ1) is 8.45. The lowest BCUT2D eigenvalue weighted by atomic mass is 10.2. The number of carboxylic acids is 1. The minimum atomic E-state index is -0.906. The fourth-order valence-corrected chi connectivity index (χ4v) is 1.72. The average molecular weight is 273 g/mol. The Bertz CT molecular complexity index is 464. The number of carbonyl (C=O) groups is 1. The second kappa shape index (κ2) is 6.20. The Morgan fingerprint density at radius 2 is 2.22 bits per heavy atom. The van der Waals surface area contributed by atoms with Gasteiger partial charge in [0.2, 0.25) is 0 Å². The summed E-state index contributed by atoms with van der Waals surface area (Å²) in [5.41, 5.74) is 0.415. The van der Waals surface area contributed by atoms with Crippen molar-refractivity contribution in [1.29, 1.82) is 0 Å². The van der Waals surface area contributed by atoms with E-state index in [2.05, 4.69) is 0 Å². The minimum Gasteiger partial charge on any atom is -0.481 e. The number of hydrogen-bond acceptors (Lipinski definition) is 4. The highest BCUT2D eigenvalue weighted by atomic mass is 35.5. The second-order valence-electron chi connectivity index (χ2n) is 3.62. The highest BCUT2D eigenvalue weighted by molar-refractivity contribution is 6.32. The number of carboxylic acid groups (broad SMARTS) is 1. The van der Waals surface area contributed by atoms with Crippen LogP contribution in [0.1, 0.15) is 13.3 Å². The molecule has 0 atom stereocenters. The SMILES string of the molecule is CCN(CCC(=O)O)c1ccc(Cl)c([N+](=O)[O-])c1. The Hall–Kier alpha value is -1.82. The molecule has 0 aliphatic heterocycles. The van der Waals surface area contributed by atoms with E-state index in [0.29, 0.717) is 18.8 Å². The number of rotatable bonds is 6. The number of nitrogens with zero attached hydrogens (tertiary/aromatic N) is 2. The van der Waals surface area contributed by atoms with Crippen molar-refractivity contribution in [3.05, 3.63) is 33.3 Å². The summed E-state index contributed by atoms with van der Waals surface area (Å²) < 4.78 is 0. The maximum Gasteiger partial charge on any atom is 0.305 e. The molecule has 0 aliphatic carbocycles. The van der Waals surface area contributed by atoms with Crippen LogP contribution in [0.2, 0.25) is 5.02 Å². The number of aliphatic carboxylic acids is 1. The van der Waals surface area contributed by atoms with Gasteiger partial charge in [-0.1, -0.05) is 11.6 Å². The van der Waals surface area contributed by atoms with E-state index >= 15 is 0 Å². The molecule has 0 fully saturated rings. The molecule has 0 saturated carbocycles. The lowest BCUT2D eigenvalue weighted by molar-refractivity contribution is -0.384. The van der Waals surface area contributed by atoms with Crippen LogP contribution in [-0.4, -0.2) is 29.1 Å². The normalized spacial score (nSPS) is 10.1. The van der Waals surface area contributed by atoms with E-state index in [9.17, 15) is 14.9 Å². The van der Waals surface area contributed by atoms with Crippen LogP contribution in [0.25, 0.3) is 0 Å². The van der Waals surface area contributed by atoms with Crippen LogP contribution < -0.4 is 4.90 Å². The van der Waals surface area contributed by atoms with Gasteiger partial charge in [-0.2, -0.15) is 0 Å². The zero-order chi connectivity index (χ0) is 13.7. The van der Waals surface area contributed by atoms with Gasteiger partial charge in [-0.3, -0.25) is 14.9 Å². The molecule has 1 aromatic rings. The van der Waals surface area contributed by atoms with E-state index in [1.54, 1.807) is 11.0 Å². The topological polar surface area (TPSA) is 83.7 Å². The summed E-state index contributed by atoms with van der Waals surface area (Å²) in [6.07, 6.45) is -0.0235. The van der Waals surface area contributed by atoms with E-state index in [4.69, 9.17) is 16.7 Å². The molecule has 0 unspecified atom stereocenters. The number of halogens is 1. The molecule has 6 nitrogen and oxygen atoms in total. The van der Waals surface area contributed by atoms with Crippen molar-refractivity contribution in [3.8, 4) is 0 Å². The van der Waals surface area contributed by atoms with E-state index in [1.165, 1.54) is 12.1 Å². The van der Waals surface area contributed by atoms with Crippen molar-refractivity contribution in [2.24, 2.45) is 0 Å². The van der Waals surface area contributed by atoms with Gasteiger partial charge in [0.15, 0.2) is 0 Å². The Morgan fingerprint density at radius 3 is 2.72 bits per heavy atom.